The summed E-state index contributed by atoms with van der Waals surface area (Å²) in [6.07, 6.45) is 3.23. The summed E-state index contributed by atoms with van der Waals surface area (Å²) in [6, 6.07) is 6.11. The zero-order valence-corrected chi connectivity index (χ0v) is 14.7. The molecule has 1 aromatic rings. The first-order chi connectivity index (χ1) is 9.47. The minimum Gasteiger partial charge on any atom is -0.496 e. The van der Waals surface area contributed by atoms with Crippen LogP contribution in [0.5, 0.6) is 5.75 Å². The van der Waals surface area contributed by atoms with Gasteiger partial charge in [0.05, 0.1) is 7.11 Å². The minimum atomic E-state index is 0. The molecule has 1 unspecified atom stereocenters. The number of hydrogen-bond acceptors (Lipinski definition) is 4. The Morgan fingerprint density at radius 3 is 2.67 bits per heavy atom. The summed E-state index contributed by atoms with van der Waals surface area (Å²) in [7, 11) is 3.48. The van der Waals surface area contributed by atoms with E-state index in [1.54, 1.807) is 23.8 Å². The second kappa shape index (κ2) is 9.92. The van der Waals surface area contributed by atoms with Crippen molar-refractivity contribution in [3.63, 3.8) is 0 Å². The molecule has 0 saturated carbocycles. The van der Waals surface area contributed by atoms with Crippen LogP contribution in [0.3, 0.4) is 0 Å². The first kappa shape index (κ1) is 20.1. The standard InChI is InChI=1S/C15H24N2O2S.ClH/c1-11(16)5-8-15(18)17(2)10-12-6-7-14(20-4)13(9-12)19-3;/h6-7,9,11H,5,8,10,16H2,1-4H3;1H. The summed E-state index contributed by atoms with van der Waals surface area (Å²) in [5, 5.41) is 0. The van der Waals surface area contributed by atoms with Crippen LogP contribution in [0.25, 0.3) is 0 Å². The Hall–Kier alpha value is -0.910. The summed E-state index contributed by atoms with van der Waals surface area (Å²) in [5.74, 6) is 0.974. The summed E-state index contributed by atoms with van der Waals surface area (Å²) in [6.45, 7) is 2.50. The van der Waals surface area contributed by atoms with Crippen molar-refractivity contribution in [3.8, 4) is 5.75 Å². The second-order valence-electron chi connectivity index (χ2n) is 4.96. The molecule has 0 bridgehead atoms. The quantitative estimate of drug-likeness (QED) is 0.780. The van der Waals surface area contributed by atoms with E-state index in [2.05, 4.69) is 0 Å². The van der Waals surface area contributed by atoms with Gasteiger partial charge in [-0.1, -0.05) is 6.07 Å². The number of ether oxygens (including phenoxy) is 1. The van der Waals surface area contributed by atoms with Gasteiger partial charge in [-0.2, -0.15) is 0 Å². The summed E-state index contributed by atoms with van der Waals surface area (Å²) in [5.41, 5.74) is 6.74. The van der Waals surface area contributed by atoms with E-state index in [4.69, 9.17) is 10.5 Å². The topological polar surface area (TPSA) is 55.6 Å². The van der Waals surface area contributed by atoms with E-state index in [1.165, 1.54) is 0 Å². The van der Waals surface area contributed by atoms with Gasteiger partial charge in [-0.15, -0.1) is 24.2 Å². The summed E-state index contributed by atoms with van der Waals surface area (Å²) >= 11 is 1.65. The highest BCUT2D eigenvalue weighted by Gasteiger charge is 2.11. The number of rotatable bonds is 7. The fourth-order valence-corrected chi connectivity index (χ4v) is 2.43. The van der Waals surface area contributed by atoms with Gasteiger partial charge in [0.1, 0.15) is 5.75 Å². The van der Waals surface area contributed by atoms with Crippen LogP contribution >= 0.6 is 24.2 Å². The average molecular weight is 333 g/mol. The van der Waals surface area contributed by atoms with Gasteiger partial charge in [-0.3, -0.25) is 4.79 Å². The molecule has 120 valence electrons. The lowest BCUT2D eigenvalue weighted by Crippen LogP contribution is -2.28. The molecule has 21 heavy (non-hydrogen) atoms. The number of benzene rings is 1. The third-order valence-electron chi connectivity index (χ3n) is 3.11. The first-order valence-electron chi connectivity index (χ1n) is 6.68. The number of halogens is 1. The predicted octanol–water partition coefficient (Wildman–Crippen LogP) is 2.92. The molecule has 0 aromatic heterocycles. The average Bonchev–Trinajstić information content (AvgIpc) is 2.44. The Bertz CT molecular complexity index is 455. The number of nitrogens with zero attached hydrogens (tertiary/aromatic N) is 1. The lowest BCUT2D eigenvalue weighted by atomic mass is 10.1. The first-order valence-corrected chi connectivity index (χ1v) is 7.90. The van der Waals surface area contributed by atoms with Crippen molar-refractivity contribution in [1.82, 2.24) is 4.90 Å². The molecule has 1 aromatic carbocycles. The van der Waals surface area contributed by atoms with Gasteiger partial charge in [0.15, 0.2) is 0 Å². The van der Waals surface area contributed by atoms with Crippen LogP contribution < -0.4 is 10.5 Å². The number of hydrogen-bond donors (Lipinski definition) is 1. The fourth-order valence-electron chi connectivity index (χ4n) is 1.88. The van der Waals surface area contributed by atoms with Crippen LogP contribution in [0.1, 0.15) is 25.3 Å². The molecule has 0 radical (unpaired) electrons. The van der Waals surface area contributed by atoms with Crippen LogP contribution in [0.2, 0.25) is 0 Å². The predicted molar refractivity (Wildman–Crippen MR) is 91.4 cm³/mol. The van der Waals surface area contributed by atoms with E-state index >= 15 is 0 Å². The third-order valence-corrected chi connectivity index (χ3v) is 3.88. The second-order valence-corrected chi connectivity index (χ2v) is 5.80. The molecule has 1 rings (SSSR count). The van der Waals surface area contributed by atoms with Gasteiger partial charge < -0.3 is 15.4 Å². The van der Waals surface area contributed by atoms with Crippen molar-refractivity contribution < 1.29 is 9.53 Å². The minimum absolute atomic E-state index is 0. The molecular weight excluding hydrogens is 308 g/mol. The van der Waals surface area contributed by atoms with E-state index in [9.17, 15) is 4.79 Å². The molecule has 0 heterocycles. The van der Waals surface area contributed by atoms with Crippen LogP contribution in [-0.2, 0) is 11.3 Å². The molecule has 2 N–H and O–H groups in total. The molecule has 0 aliphatic heterocycles. The lowest BCUT2D eigenvalue weighted by molar-refractivity contribution is -0.130. The van der Waals surface area contributed by atoms with E-state index in [0.717, 1.165) is 22.6 Å². The normalized spacial score (nSPS) is 11.5. The summed E-state index contributed by atoms with van der Waals surface area (Å²) < 4.78 is 5.36. The maximum Gasteiger partial charge on any atom is 0.222 e. The maximum absolute atomic E-state index is 12.0. The molecule has 6 heteroatoms. The molecule has 4 nitrogen and oxygen atoms in total. The van der Waals surface area contributed by atoms with Crippen molar-refractivity contribution in [2.24, 2.45) is 5.73 Å². The molecular formula is C15H25ClN2O2S. The van der Waals surface area contributed by atoms with Crippen molar-refractivity contribution in [1.29, 1.82) is 0 Å². The Morgan fingerprint density at radius 1 is 1.48 bits per heavy atom. The van der Waals surface area contributed by atoms with Gasteiger partial charge in [-0.05, 0) is 37.3 Å². The summed E-state index contributed by atoms with van der Waals surface area (Å²) in [4.78, 5) is 14.8. The highest BCUT2D eigenvalue weighted by molar-refractivity contribution is 7.98. The number of methoxy groups -OCH3 is 1. The number of carbonyl (C=O) groups is 1. The van der Waals surface area contributed by atoms with E-state index in [1.807, 2.05) is 38.4 Å². The molecule has 0 fully saturated rings. The largest absolute Gasteiger partial charge is 0.496 e. The third kappa shape index (κ3) is 6.59. The monoisotopic (exact) mass is 332 g/mol. The van der Waals surface area contributed by atoms with Crippen LogP contribution in [0.4, 0.5) is 0 Å². The smallest absolute Gasteiger partial charge is 0.222 e. The van der Waals surface area contributed by atoms with Crippen molar-refractivity contribution in [2.45, 2.75) is 37.2 Å². The van der Waals surface area contributed by atoms with Gasteiger partial charge in [0, 0.05) is 31.0 Å². The highest BCUT2D eigenvalue weighted by atomic mass is 35.5. The van der Waals surface area contributed by atoms with Crippen molar-refractivity contribution >= 4 is 30.1 Å². The molecule has 0 aliphatic carbocycles. The fraction of sp³-hybridized carbons (Fsp3) is 0.533. The number of nitrogens with two attached hydrogens (primary N) is 1. The van der Waals surface area contributed by atoms with E-state index < -0.39 is 0 Å². The van der Waals surface area contributed by atoms with E-state index in [-0.39, 0.29) is 24.4 Å². The zero-order valence-electron chi connectivity index (χ0n) is 13.1. The zero-order chi connectivity index (χ0) is 15.1. The molecule has 0 saturated heterocycles. The van der Waals surface area contributed by atoms with E-state index in [0.29, 0.717) is 13.0 Å². The van der Waals surface area contributed by atoms with Crippen LogP contribution in [-0.4, -0.2) is 37.3 Å². The Balaban J connectivity index is 0.00000400. The SMILES string of the molecule is COc1cc(CN(C)C(=O)CCC(C)N)ccc1SC.Cl. The van der Waals surface area contributed by atoms with Gasteiger partial charge >= 0.3 is 0 Å². The molecule has 1 atom stereocenters. The van der Waals surface area contributed by atoms with Crippen LogP contribution in [0, 0.1) is 0 Å². The molecule has 0 spiro atoms. The van der Waals surface area contributed by atoms with Crippen molar-refractivity contribution in [2.75, 3.05) is 20.4 Å². The Morgan fingerprint density at radius 2 is 2.14 bits per heavy atom. The van der Waals surface area contributed by atoms with Gasteiger partial charge in [0.2, 0.25) is 5.91 Å². The molecule has 1 amide bonds. The lowest BCUT2D eigenvalue weighted by Gasteiger charge is -2.18. The maximum atomic E-state index is 12.0. The number of amides is 1. The van der Waals surface area contributed by atoms with Crippen LogP contribution in [0.15, 0.2) is 23.1 Å². The van der Waals surface area contributed by atoms with Crippen molar-refractivity contribution in [3.05, 3.63) is 23.8 Å². The van der Waals surface area contributed by atoms with Gasteiger partial charge in [0.25, 0.3) is 0 Å². The number of carbonyl (C=O) groups excluding carboxylic acids is 1. The number of thioether (sulfide) groups is 1. The Labute approximate surface area is 137 Å². The van der Waals surface area contributed by atoms with Gasteiger partial charge in [-0.25, -0.2) is 0 Å². The Kier molecular flexibility index (Phi) is 9.49. The highest BCUT2D eigenvalue weighted by Crippen LogP contribution is 2.28. The molecule has 0 aliphatic rings.